The van der Waals surface area contributed by atoms with E-state index in [2.05, 4.69) is 43.2 Å². The van der Waals surface area contributed by atoms with Gasteiger partial charge in [0, 0.05) is 30.4 Å². The van der Waals surface area contributed by atoms with Gasteiger partial charge in [-0.2, -0.15) is 4.31 Å². The molecule has 1 aromatic heterocycles. The first-order valence-electron chi connectivity index (χ1n) is 14.5. The molecular formula is C32H37F2N5O3S2. The zero-order valence-electron chi connectivity index (χ0n) is 25.6. The molecule has 0 aliphatic carbocycles. The SMILES string of the molecule is CCN(CC)S(=O)(=O)c1cccc(-c2nnc(SCC(=O)Nc3ccc(F)c(F)c3)n2-c2c(C(C)C)cccc2C(C)C)c1. The van der Waals surface area contributed by atoms with Crippen LogP contribution in [0.15, 0.2) is 70.7 Å². The van der Waals surface area contributed by atoms with Crippen molar-refractivity contribution in [3.05, 3.63) is 83.4 Å². The minimum Gasteiger partial charge on any atom is -0.325 e. The van der Waals surface area contributed by atoms with Gasteiger partial charge in [-0.15, -0.1) is 10.2 Å². The lowest BCUT2D eigenvalue weighted by Gasteiger charge is -2.23. The van der Waals surface area contributed by atoms with Crippen LogP contribution in [0.25, 0.3) is 17.1 Å². The summed E-state index contributed by atoms with van der Waals surface area (Å²) in [5.41, 5.74) is 3.64. The molecule has 3 aromatic carbocycles. The third kappa shape index (κ3) is 7.03. The molecule has 0 unspecified atom stereocenters. The Kier molecular flexibility index (Phi) is 10.6. The maximum atomic E-state index is 13.7. The van der Waals surface area contributed by atoms with E-state index >= 15 is 0 Å². The lowest BCUT2D eigenvalue weighted by molar-refractivity contribution is -0.113. The second-order valence-electron chi connectivity index (χ2n) is 10.8. The van der Waals surface area contributed by atoms with Crippen molar-refractivity contribution >= 4 is 33.4 Å². The summed E-state index contributed by atoms with van der Waals surface area (Å²) in [6, 6.07) is 15.9. The molecule has 0 aliphatic heterocycles. The minimum absolute atomic E-state index is 0.0889. The Morgan fingerprint density at radius 2 is 1.55 bits per heavy atom. The predicted molar refractivity (Wildman–Crippen MR) is 171 cm³/mol. The number of sulfonamides is 1. The molecule has 0 spiro atoms. The van der Waals surface area contributed by atoms with Gasteiger partial charge in [0.05, 0.1) is 16.3 Å². The van der Waals surface area contributed by atoms with Crippen molar-refractivity contribution in [3.63, 3.8) is 0 Å². The van der Waals surface area contributed by atoms with Gasteiger partial charge in [-0.1, -0.05) is 83.6 Å². The van der Waals surface area contributed by atoms with E-state index in [1.807, 2.05) is 22.8 Å². The number of nitrogens with one attached hydrogen (secondary N) is 1. The number of rotatable bonds is 12. The molecule has 44 heavy (non-hydrogen) atoms. The maximum Gasteiger partial charge on any atom is 0.243 e. The number of anilines is 1. The van der Waals surface area contributed by atoms with Crippen molar-refractivity contribution in [1.29, 1.82) is 0 Å². The summed E-state index contributed by atoms with van der Waals surface area (Å²) in [5.74, 6) is -1.90. The zero-order valence-corrected chi connectivity index (χ0v) is 27.3. The number of nitrogens with zero attached hydrogens (tertiary/aromatic N) is 4. The molecule has 0 bridgehead atoms. The summed E-state index contributed by atoms with van der Waals surface area (Å²) in [7, 11) is -3.74. The highest BCUT2D eigenvalue weighted by molar-refractivity contribution is 7.99. The van der Waals surface area contributed by atoms with E-state index in [0.717, 1.165) is 40.7 Å². The Bertz CT molecular complexity index is 1730. The van der Waals surface area contributed by atoms with E-state index in [4.69, 9.17) is 0 Å². The van der Waals surface area contributed by atoms with Crippen molar-refractivity contribution in [3.8, 4) is 17.1 Å². The van der Waals surface area contributed by atoms with E-state index in [0.29, 0.717) is 29.6 Å². The molecule has 4 rings (SSSR count). The van der Waals surface area contributed by atoms with Crippen LogP contribution in [0.5, 0.6) is 0 Å². The highest BCUT2D eigenvalue weighted by atomic mass is 32.2. The average Bonchev–Trinajstić information content (AvgIpc) is 3.41. The van der Waals surface area contributed by atoms with Crippen LogP contribution in [0.1, 0.15) is 64.5 Å². The van der Waals surface area contributed by atoms with Gasteiger partial charge in [0.2, 0.25) is 15.9 Å². The standard InChI is InChI=1S/C32H37F2N5O3S2/c1-7-38(8-2)44(41,42)24-12-9-11-22(17-24)31-36-37-32(43-19-29(40)35-23-15-16-27(33)28(34)18-23)39(31)30-25(20(3)4)13-10-14-26(30)21(5)6/h9-18,20-21H,7-8,19H2,1-6H3,(H,35,40). The van der Waals surface area contributed by atoms with E-state index in [1.54, 1.807) is 38.1 Å². The fourth-order valence-corrected chi connectivity index (χ4v) is 7.17. The number of aromatic nitrogens is 3. The molecular weight excluding hydrogens is 605 g/mol. The highest BCUT2D eigenvalue weighted by Crippen LogP contribution is 2.37. The molecule has 1 N–H and O–H groups in total. The Hall–Kier alpha value is -3.61. The normalized spacial score (nSPS) is 12.0. The number of benzene rings is 3. The zero-order chi connectivity index (χ0) is 32.2. The fourth-order valence-electron chi connectivity index (χ4n) is 4.93. The molecule has 4 aromatic rings. The second kappa shape index (κ2) is 14.0. The number of para-hydroxylation sites is 1. The predicted octanol–water partition coefficient (Wildman–Crippen LogP) is 7.22. The summed E-state index contributed by atoms with van der Waals surface area (Å²) < 4.78 is 57.1. The molecule has 234 valence electrons. The summed E-state index contributed by atoms with van der Waals surface area (Å²) in [6.07, 6.45) is 0. The van der Waals surface area contributed by atoms with Gasteiger partial charge in [-0.3, -0.25) is 9.36 Å². The Morgan fingerprint density at radius 1 is 0.909 bits per heavy atom. The summed E-state index contributed by atoms with van der Waals surface area (Å²) in [6.45, 7) is 12.6. The number of halogens is 2. The van der Waals surface area contributed by atoms with Crippen LogP contribution < -0.4 is 5.32 Å². The lowest BCUT2D eigenvalue weighted by atomic mass is 9.92. The molecule has 1 heterocycles. The van der Waals surface area contributed by atoms with Crippen molar-refractivity contribution in [2.24, 2.45) is 0 Å². The van der Waals surface area contributed by atoms with Crippen molar-refractivity contribution in [2.75, 3.05) is 24.2 Å². The topological polar surface area (TPSA) is 97.2 Å². The van der Waals surface area contributed by atoms with Crippen LogP contribution in [-0.2, 0) is 14.8 Å². The van der Waals surface area contributed by atoms with Crippen LogP contribution >= 0.6 is 11.8 Å². The molecule has 0 atom stereocenters. The second-order valence-corrected chi connectivity index (χ2v) is 13.7. The Morgan fingerprint density at radius 3 is 2.14 bits per heavy atom. The smallest absolute Gasteiger partial charge is 0.243 e. The molecule has 0 saturated heterocycles. The van der Waals surface area contributed by atoms with Gasteiger partial charge in [0.1, 0.15) is 0 Å². The van der Waals surface area contributed by atoms with Gasteiger partial charge in [0.15, 0.2) is 22.6 Å². The van der Waals surface area contributed by atoms with Gasteiger partial charge in [0.25, 0.3) is 0 Å². The largest absolute Gasteiger partial charge is 0.325 e. The van der Waals surface area contributed by atoms with Crippen LogP contribution in [-0.4, -0.2) is 52.2 Å². The number of amides is 1. The van der Waals surface area contributed by atoms with Gasteiger partial charge in [-0.05, 0) is 47.2 Å². The number of carbonyl (C=O) groups is 1. The summed E-state index contributed by atoms with van der Waals surface area (Å²) in [4.78, 5) is 13.0. The average molecular weight is 642 g/mol. The molecule has 0 radical (unpaired) electrons. The van der Waals surface area contributed by atoms with E-state index < -0.39 is 27.6 Å². The lowest BCUT2D eigenvalue weighted by Crippen LogP contribution is -2.30. The van der Waals surface area contributed by atoms with Crippen molar-refractivity contribution in [2.45, 2.75) is 63.4 Å². The number of hydrogen-bond acceptors (Lipinski definition) is 6. The third-order valence-electron chi connectivity index (χ3n) is 7.17. The molecule has 0 fully saturated rings. The Labute approximate surface area is 261 Å². The van der Waals surface area contributed by atoms with E-state index in [9.17, 15) is 22.0 Å². The molecule has 0 aliphatic rings. The minimum atomic E-state index is -3.74. The Balaban J connectivity index is 1.83. The van der Waals surface area contributed by atoms with Crippen LogP contribution in [0.2, 0.25) is 0 Å². The monoisotopic (exact) mass is 641 g/mol. The van der Waals surface area contributed by atoms with Gasteiger partial charge < -0.3 is 5.32 Å². The molecule has 1 amide bonds. The van der Waals surface area contributed by atoms with E-state index in [-0.39, 0.29) is 28.2 Å². The first kappa shape index (κ1) is 33.3. The van der Waals surface area contributed by atoms with E-state index in [1.165, 1.54) is 10.4 Å². The fraction of sp³-hybridized carbons (Fsp3) is 0.344. The van der Waals surface area contributed by atoms with Crippen LogP contribution in [0.4, 0.5) is 14.5 Å². The molecule has 0 saturated carbocycles. The summed E-state index contributed by atoms with van der Waals surface area (Å²) in [5, 5.41) is 12.0. The highest BCUT2D eigenvalue weighted by Gasteiger charge is 2.26. The van der Waals surface area contributed by atoms with Gasteiger partial charge in [-0.25, -0.2) is 17.2 Å². The van der Waals surface area contributed by atoms with Crippen molar-refractivity contribution in [1.82, 2.24) is 19.1 Å². The molecule has 12 heteroatoms. The maximum absolute atomic E-state index is 13.7. The third-order valence-corrected chi connectivity index (χ3v) is 10.1. The van der Waals surface area contributed by atoms with Crippen LogP contribution in [0.3, 0.4) is 0 Å². The van der Waals surface area contributed by atoms with Crippen LogP contribution in [0, 0.1) is 11.6 Å². The quantitative estimate of drug-likeness (QED) is 0.164. The first-order chi connectivity index (χ1) is 20.9. The first-order valence-corrected chi connectivity index (χ1v) is 16.9. The van der Waals surface area contributed by atoms with Gasteiger partial charge >= 0.3 is 0 Å². The number of hydrogen-bond donors (Lipinski definition) is 1. The number of carbonyl (C=O) groups excluding carboxylic acids is 1. The summed E-state index contributed by atoms with van der Waals surface area (Å²) >= 11 is 1.14. The molecule has 8 nitrogen and oxygen atoms in total. The number of thioether (sulfide) groups is 1. The van der Waals surface area contributed by atoms with Crippen molar-refractivity contribution < 1.29 is 22.0 Å².